The lowest BCUT2D eigenvalue weighted by Crippen LogP contribution is -2.32. The van der Waals surface area contributed by atoms with Crippen molar-refractivity contribution in [2.45, 2.75) is 12.3 Å². The Balaban J connectivity index is 1.74. The van der Waals surface area contributed by atoms with Crippen LogP contribution in [0.15, 0.2) is 48.5 Å². The lowest BCUT2D eigenvalue weighted by Gasteiger charge is -2.15. The second kappa shape index (κ2) is 6.74. The lowest BCUT2D eigenvalue weighted by molar-refractivity contribution is -0.125. The Morgan fingerprint density at radius 1 is 0.958 bits per heavy atom. The van der Waals surface area contributed by atoms with Crippen LogP contribution >= 0.6 is 0 Å². The smallest absolute Gasteiger partial charge is 0.260 e. The van der Waals surface area contributed by atoms with Crippen LogP contribution in [-0.2, 0) is 4.79 Å². The molecule has 0 aromatic heterocycles. The van der Waals surface area contributed by atoms with Crippen molar-refractivity contribution in [2.75, 3.05) is 20.8 Å². The average Bonchev–Trinajstić information content (AvgIpc) is 3.03. The van der Waals surface area contributed by atoms with Crippen molar-refractivity contribution in [3.8, 4) is 11.5 Å². The first-order chi connectivity index (χ1) is 11.6. The number of benzene rings is 2. The Labute approximate surface area is 140 Å². The number of amides is 2. The van der Waals surface area contributed by atoms with Crippen LogP contribution in [-0.4, -0.2) is 37.5 Å². The molecule has 0 radical (unpaired) electrons. The maximum atomic E-state index is 12.6. The Morgan fingerprint density at radius 3 is 2.04 bits per heavy atom. The van der Waals surface area contributed by atoms with E-state index in [-0.39, 0.29) is 17.7 Å². The normalized spacial score (nSPS) is 17.0. The third-order valence-electron chi connectivity index (χ3n) is 4.29. The molecule has 5 nitrogen and oxygen atoms in total. The zero-order chi connectivity index (χ0) is 17.1. The van der Waals surface area contributed by atoms with Crippen LogP contribution in [0.25, 0.3) is 0 Å². The molecule has 24 heavy (non-hydrogen) atoms. The van der Waals surface area contributed by atoms with E-state index in [9.17, 15) is 9.59 Å². The molecule has 124 valence electrons. The first-order valence-electron chi connectivity index (χ1n) is 7.75. The molecule has 0 bridgehead atoms. The maximum Gasteiger partial charge on any atom is 0.260 e. The van der Waals surface area contributed by atoms with Crippen LogP contribution in [0.3, 0.4) is 0 Å². The highest BCUT2D eigenvalue weighted by Crippen LogP contribution is 2.30. The van der Waals surface area contributed by atoms with Crippen LogP contribution in [0.1, 0.15) is 28.3 Å². The predicted octanol–water partition coefficient (Wildman–Crippen LogP) is 2.86. The van der Waals surface area contributed by atoms with Crippen molar-refractivity contribution in [1.29, 1.82) is 0 Å². The molecule has 2 aromatic rings. The molecule has 5 heteroatoms. The molecule has 1 aliphatic heterocycles. The van der Waals surface area contributed by atoms with Crippen molar-refractivity contribution < 1.29 is 19.1 Å². The van der Waals surface area contributed by atoms with Gasteiger partial charge >= 0.3 is 0 Å². The van der Waals surface area contributed by atoms with Crippen LogP contribution in [0.5, 0.6) is 11.5 Å². The topological polar surface area (TPSA) is 55.8 Å². The Morgan fingerprint density at radius 2 is 1.50 bits per heavy atom. The molecule has 2 aromatic carbocycles. The number of imide groups is 1. The average molecular weight is 325 g/mol. The van der Waals surface area contributed by atoms with E-state index in [1.807, 2.05) is 24.3 Å². The van der Waals surface area contributed by atoms with Crippen molar-refractivity contribution in [1.82, 2.24) is 4.90 Å². The summed E-state index contributed by atoms with van der Waals surface area (Å²) in [6, 6.07) is 14.4. The van der Waals surface area contributed by atoms with Gasteiger partial charge in [0.1, 0.15) is 11.5 Å². The highest BCUT2D eigenvalue weighted by atomic mass is 16.5. The number of nitrogens with zero attached hydrogens (tertiary/aromatic N) is 1. The minimum atomic E-state index is -0.265. The maximum absolute atomic E-state index is 12.6. The number of rotatable bonds is 4. The van der Waals surface area contributed by atoms with Crippen LogP contribution in [0, 0.1) is 0 Å². The number of hydrogen-bond donors (Lipinski definition) is 0. The van der Waals surface area contributed by atoms with Gasteiger partial charge in [-0.05, 0) is 42.0 Å². The molecule has 3 rings (SSSR count). The standard InChI is InChI=1S/C19H19NO4/c1-23-16-7-3-13(4-8-16)15-11-18(21)20(12-15)19(22)14-5-9-17(24-2)10-6-14/h3-10,15H,11-12H2,1-2H3/t15-/m1/s1. The number of carbonyl (C=O) groups excluding carboxylic acids is 2. The van der Waals surface area contributed by atoms with Crippen LogP contribution < -0.4 is 9.47 Å². The van der Waals surface area contributed by atoms with E-state index >= 15 is 0 Å². The summed E-state index contributed by atoms with van der Waals surface area (Å²) >= 11 is 0. The zero-order valence-electron chi connectivity index (χ0n) is 13.7. The third kappa shape index (κ3) is 3.11. The van der Waals surface area contributed by atoms with Gasteiger partial charge in [-0.15, -0.1) is 0 Å². The van der Waals surface area contributed by atoms with Gasteiger partial charge in [-0.2, -0.15) is 0 Å². The molecule has 0 saturated carbocycles. The Hall–Kier alpha value is -2.82. The van der Waals surface area contributed by atoms with Crippen molar-refractivity contribution >= 4 is 11.8 Å². The summed E-state index contributed by atoms with van der Waals surface area (Å²) in [7, 11) is 3.18. The molecule has 1 atom stereocenters. The SMILES string of the molecule is COc1ccc(C(=O)N2C[C@H](c3ccc(OC)cc3)CC2=O)cc1. The van der Waals surface area contributed by atoms with Crippen molar-refractivity contribution in [3.05, 3.63) is 59.7 Å². The third-order valence-corrected chi connectivity index (χ3v) is 4.29. The Kier molecular flexibility index (Phi) is 4.51. The molecule has 1 aliphatic rings. The van der Waals surface area contributed by atoms with Gasteiger partial charge in [0.15, 0.2) is 0 Å². The van der Waals surface area contributed by atoms with Gasteiger partial charge in [0.2, 0.25) is 5.91 Å². The molecule has 1 heterocycles. The summed E-state index contributed by atoms with van der Waals surface area (Å²) in [6.07, 6.45) is 0.341. The molecule has 1 saturated heterocycles. The van der Waals surface area contributed by atoms with Gasteiger partial charge in [-0.1, -0.05) is 12.1 Å². The van der Waals surface area contributed by atoms with Gasteiger partial charge in [0.25, 0.3) is 5.91 Å². The van der Waals surface area contributed by atoms with Crippen molar-refractivity contribution in [2.24, 2.45) is 0 Å². The van der Waals surface area contributed by atoms with E-state index in [1.165, 1.54) is 4.90 Å². The number of methoxy groups -OCH3 is 2. The zero-order valence-corrected chi connectivity index (χ0v) is 13.7. The van der Waals surface area contributed by atoms with E-state index < -0.39 is 0 Å². The van der Waals surface area contributed by atoms with Gasteiger partial charge in [-0.25, -0.2) is 0 Å². The summed E-state index contributed by atoms with van der Waals surface area (Å²) < 4.78 is 10.2. The highest BCUT2D eigenvalue weighted by molar-refractivity contribution is 6.06. The molecule has 0 aliphatic carbocycles. The first kappa shape index (κ1) is 16.1. The fraction of sp³-hybridized carbons (Fsp3) is 0.263. The molecule has 1 fully saturated rings. The molecule has 0 N–H and O–H groups in total. The fourth-order valence-electron chi connectivity index (χ4n) is 2.89. The summed E-state index contributed by atoms with van der Waals surface area (Å²) in [5.74, 6) is 1.06. The summed E-state index contributed by atoms with van der Waals surface area (Å²) in [6.45, 7) is 0.399. The quantitative estimate of drug-likeness (QED) is 0.811. The molecule has 2 amide bonds. The summed E-state index contributed by atoms with van der Waals surface area (Å²) in [5, 5.41) is 0. The van der Waals surface area contributed by atoms with Crippen LogP contribution in [0.2, 0.25) is 0 Å². The first-order valence-corrected chi connectivity index (χ1v) is 7.75. The lowest BCUT2D eigenvalue weighted by atomic mass is 9.98. The van der Waals surface area contributed by atoms with Crippen molar-refractivity contribution in [3.63, 3.8) is 0 Å². The largest absolute Gasteiger partial charge is 0.497 e. The van der Waals surface area contributed by atoms with Gasteiger partial charge in [0, 0.05) is 24.4 Å². The second-order valence-electron chi connectivity index (χ2n) is 5.71. The minimum Gasteiger partial charge on any atom is -0.497 e. The van der Waals surface area contributed by atoms with Gasteiger partial charge < -0.3 is 9.47 Å². The van der Waals surface area contributed by atoms with Gasteiger partial charge in [-0.3, -0.25) is 14.5 Å². The van der Waals surface area contributed by atoms with Crippen LogP contribution in [0.4, 0.5) is 0 Å². The predicted molar refractivity (Wildman–Crippen MR) is 89.4 cm³/mol. The van der Waals surface area contributed by atoms with E-state index in [2.05, 4.69) is 0 Å². The fourth-order valence-corrected chi connectivity index (χ4v) is 2.89. The second-order valence-corrected chi connectivity index (χ2v) is 5.71. The van der Waals surface area contributed by atoms with E-state index in [4.69, 9.17) is 9.47 Å². The van der Waals surface area contributed by atoms with E-state index in [0.717, 1.165) is 11.3 Å². The monoisotopic (exact) mass is 325 g/mol. The highest BCUT2D eigenvalue weighted by Gasteiger charge is 2.35. The summed E-state index contributed by atoms with van der Waals surface area (Å²) in [4.78, 5) is 26.2. The number of ether oxygens (including phenoxy) is 2. The van der Waals surface area contributed by atoms with E-state index in [0.29, 0.717) is 24.3 Å². The number of carbonyl (C=O) groups is 2. The summed E-state index contributed by atoms with van der Waals surface area (Å²) in [5.41, 5.74) is 1.52. The molecular formula is C19H19NO4. The number of likely N-dealkylation sites (tertiary alicyclic amines) is 1. The minimum absolute atomic E-state index is 0.0191. The number of hydrogen-bond acceptors (Lipinski definition) is 4. The van der Waals surface area contributed by atoms with E-state index in [1.54, 1.807) is 38.5 Å². The molecular weight excluding hydrogens is 306 g/mol. The van der Waals surface area contributed by atoms with Gasteiger partial charge in [0.05, 0.1) is 14.2 Å². The Bertz CT molecular complexity index is 737. The molecule has 0 unspecified atom stereocenters. The molecule has 0 spiro atoms.